The first-order valence-electron chi connectivity index (χ1n) is 7.47. The Bertz CT molecular complexity index is 548. The van der Waals surface area contributed by atoms with Gasteiger partial charge in [-0.1, -0.05) is 6.07 Å². The van der Waals surface area contributed by atoms with E-state index in [1.54, 1.807) is 7.11 Å². The van der Waals surface area contributed by atoms with Crippen molar-refractivity contribution in [3.05, 3.63) is 23.8 Å². The summed E-state index contributed by atoms with van der Waals surface area (Å²) in [7, 11) is 1.66. The van der Waals surface area contributed by atoms with Gasteiger partial charge in [-0.3, -0.25) is 5.32 Å². The van der Waals surface area contributed by atoms with Gasteiger partial charge in [0.15, 0.2) is 0 Å². The number of nitrogens with one attached hydrogen (secondary N) is 1. The maximum atomic E-state index is 11.9. The monoisotopic (exact) mass is 290 g/mol. The van der Waals surface area contributed by atoms with Gasteiger partial charge in [0.05, 0.1) is 18.4 Å². The van der Waals surface area contributed by atoms with Crippen molar-refractivity contribution in [1.82, 2.24) is 4.90 Å². The van der Waals surface area contributed by atoms with E-state index in [2.05, 4.69) is 24.1 Å². The first-order valence-corrected chi connectivity index (χ1v) is 7.47. The number of carbonyl (C=O) groups is 1. The van der Waals surface area contributed by atoms with E-state index in [0.29, 0.717) is 6.04 Å². The fraction of sp³-hybridized carbons (Fsp3) is 0.562. The number of rotatable bonds is 2. The van der Waals surface area contributed by atoms with Crippen molar-refractivity contribution in [2.75, 3.05) is 25.5 Å². The Morgan fingerprint density at radius 2 is 2.05 bits per heavy atom. The van der Waals surface area contributed by atoms with Crippen LogP contribution in [-0.2, 0) is 10.3 Å². The molecule has 3 rings (SSSR count). The predicted octanol–water partition coefficient (Wildman–Crippen LogP) is 2.96. The molecular formula is C16H22N2O3. The quantitative estimate of drug-likeness (QED) is 0.910. The zero-order valence-corrected chi connectivity index (χ0v) is 12.8. The summed E-state index contributed by atoms with van der Waals surface area (Å²) in [5, 5.41) is 2.79. The summed E-state index contributed by atoms with van der Waals surface area (Å²) in [4.78, 5) is 14.3. The molecule has 5 heteroatoms. The number of fused-ring (bicyclic) bond motifs is 2. The lowest BCUT2D eigenvalue weighted by Crippen LogP contribution is -2.50. The second-order valence-corrected chi connectivity index (χ2v) is 6.02. The van der Waals surface area contributed by atoms with Crippen LogP contribution in [0.1, 0.15) is 32.3 Å². The molecule has 1 saturated heterocycles. The molecular weight excluding hydrogens is 268 g/mol. The molecule has 21 heavy (non-hydrogen) atoms. The normalized spacial score (nSPS) is 20.9. The molecule has 1 amide bonds. The van der Waals surface area contributed by atoms with Crippen LogP contribution >= 0.6 is 0 Å². The highest BCUT2D eigenvalue weighted by atomic mass is 16.6. The minimum Gasteiger partial charge on any atom is -0.496 e. The highest BCUT2D eigenvalue weighted by molar-refractivity contribution is 5.89. The summed E-state index contributed by atoms with van der Waals surface area (Å²) in [5.41, 5.74) is 1.23. The van der Waals surface area contributed by atoms with Gasteiger partial charge in [-0.05, 0) is 26.0 Å². The molecule has 1 aromatic carbocycles. The van der Waals surface area contributed by atoms with Crippen LogP contribution < -0.4 is 10.1 Å². The van der Waals surface area contributed by atoms with Crippen LogP contribution in [0.3, 0.4) is 0 Å². The maximum absolute atomic E-state index is 11.9. The number of methoxy groups -OCH3 is 1. The van der Waals surface area contributed by atoms with Crippen LogP contribution in [0.2, 0.25) is 0 Å². The van der Waals surface area contributed by atoms with Gasteiger partial charge in [-0.15, -0.1) is 0 Å². The molecule has 5 nitrogen and oxygen atoms in total. The number of hydrogen-bond donors (Lipinski definition) is 1. The Morgan fingerprint density at radius 1 is 1.33 bits per heavy atom. The maximum Gasteiger partial charge on any atom is 0.412 e. The molecule has 2 heterocycles. The van der Waals surface area contributed by atoms with Gasteiger partial charge in [0, 0.05) is 32.0 Å². The van der Waals surface area contributed by atoms with Crippen molar-refractivity contribution in [2.45, 2.75) is 38.3 Å². The number of hydrogen-bond acceptors (Lipinski definition) is 4. The summed E-state index contributed by atoms with van der Waals surface area (Å²) in [5.74, 6) is 0.783. The summed E-state index contributed by atoms with van der Waals surface area (Å²) in [6.45, 7) is 6.23. The molecule has 0 atom stereocenters. The molecule has 1 N–H and O–H groups in total. The summed E-state index contributed by atoms with van der Waals surface area (Å²) < 4.78 is 11.3. The van der Waals surface area contributed by atoms with E-state index in [1.807, 2.05) is 18.2 Å². The standard InChI is InChI=1S/C16H22N2O3/c1-11(2)18-9-7-16(8-10-18)14-12(17-15(19)21-16)5-4-6-13(14)20-3/h4-6,11H,7-10H2,1-3H3,(H,17,19). The Kier molecular flexibility index (Phi) is 3.53. The number of ether oxygens (including phenoxy) is 2. The lowest BCUT2D eigenvalue weighted by atomic mass is 9.81. The molecule has 0 aliphatic carbocycles. The lowest BCUT2D eigenvalue weighted by molar-refractivity contribution is -0.0443. The van der Waals surface area contributed by atoms with Gasteiger partial charge in [0.2, 0.25) is 0 Å². The molecule has 1 fully saturated rings. The Hall–Kier alpha value is -1.75. The largest absolute Gasteiger partial charge is 0.496 e. The van der Waals surface area contributed by atoms with Crippen LogP contribution in [0.15, 0.2) is 18.2 Å². The fourth-order valence-corrected chi connectivity index (χ4v) is 3.39. The van der Waals surface area contributed by atoms with Crippen molar-refractivity contribution >= 4 is 11.8 Å². The summed E-state index contributed by atoms with van der Waals surface area (Å²) in [6, 6.07) is 6.24. The van der Waals surface area contributed by atoms with E-state index < -0.39 is 5.60 Å². The molecule has 0 radical (unpaired) electrons. The van der Waals surface area contributed by atoms with Gasteiger partial charge >= 0.3 is 6.09 Å². The lowest BCUT2D eigenvalue weighted by Gasteiger charge is -2.45. The van der Waals surface area contributed by atoms with E-state index in [0.717, 1.165) is 42.9 Å². The Morgan fingerprint density at radius 3 is 2.67 bits per heavy atom. The Balaban J connectivity index is 1.99. The van der Waals surface area contributed by atoms with Crippen LogP contribution in [0.25, 0.3) is 0 Å². The highest BCUT2D eigenvalue weighted by Gasteiger charge is 2.46. The van der Waals surface area contributed by atoms with Crippen LogP contribution in [0.4, 0.5) is 10.5 Å². The van der Waals surface area contributed by atoms with Crippen molar-refractivity contribution < 1.29 is 14.3 Å². The number of amides is 1. The molecule has 114 valence electrons. The van der Waals surface area contributed by atoms with E-state index >= 15 is 0 Å². The first kappa shape index (κ1) is 14.2. The fourth-order valence-electron chi connectivity index (χ4n) is 3.39. The van der Waals surface area contributed by atoms with Crippen molar-refractivity contribution in [3.8, 4) is 5.75 Å². The number of anilines is 1. The molecule has 0 aromatic heterocycles. The Labute approximate surface area is 125 Å². The molecule has 2 aliphatic heterocycles. The van der Waals surface area contributed by atoms with Crippen LogP contribution in [-0.4, -0.2) is 37.2 Å². The summed E-state index contributed by atoms with van der Waals surface area (Å²) >= 11 is 0. The van der Waals surface area contributed by atoms with E-state index in [4.69, 9.17) is 9.47 Å². The average molecular weight is 290 g/mol. The zero-order chi connectivity index (χ0) is 15.0. The third-order valence-electron chi connectivity index (χ3n) is 4.56. The number of carbonyl (C=O) groups excluding carboxylic acids is 1. The van der Waals surface area contributed by atoms with Gasteiger partial charge in [0.1, 0.15) is 11.4 Å². The molecule has 2 aliphatic rings. The number of benzene rings is 1. The third kappa shape index (κ3) is 2.35. The molecule has 0 unspecified atom stereocenters. The SMILES string of the molecule is COc1cccc2c1C1(CCN(C(C)C)CC1)OC(=O)N2. The zero-order valence-electron chi connectivity index (χ0n) is 12.8. The third-order valence-corrected chi connectivity index (χ3v) is 4.56. The number of piperidine rings is 1. The van der Waals surface area contributed by atoms with Gasteiger partial charge in [0.25, 0.3) is 0 Å². The summed E-state index contributed by atoms with van der Waals surface area (Å²) in [6.07, 6.45) is 1.23. The van der Waals surface area contributed by atoms with Crippen molar-refractivity contribution in [2.24, 2.45) is 0 Å². The molecule has 0 saturated carbocycles. The second-order valence-electron chi connectivity index (χ2n) is 6.02. The van der Waals surface area contributed by atoms with E-state index in [9.17, 15) is 4.79 Å². The first-order chi connectivity index (χ1) is 10.1. The molecule has 1 spiro atoms. The van der Waals surface area contributed by atoms with Gasteiger partial charge < -0.3 is 14.4 Å². The van der Waals surface area contributed by atoms with Crippen LogP contribution in [0.5, 0.6) is 5.75 Å². The second kappa shape index (κ2) is 5.22. The van der Waals surface area contributed by atoms with Crippen LogP contribution in [0, 0.1) is 0 Å². The van der Waals surface area contributed by atoms with Gasteiger partial charge in [-0.2, -0.15) is 0 Å². The topological polar surface area (TPSA) is 50.8 Å². The van der Waals surface area contributed by atoms with Crippen molar-refractivity contribution in [1.29, 1.82) is 0 Å². The van der Waals surface area contributed by atoms with Gasteiger partial charge in [-0.25, -0.2) is 4.79 Å². The highest BCUT2D eigenvalue weighted by Crippen LogP contribution is 2.47. The average Bonchev–Trinajstić information content (AvgIpc) is 2.46. The smallest absolute Gasteiger partial charge is 0.412 e. The minimum absolute atomic E-state index is 0.367. The predicted molar refractivity (Wildman–Crippen MR) is 80.7 cm³/mol. The molecule has 0 bridgehead atoms. The minimum atomic E-state index is -0.560. The van der Waals surface area contributed by atoms with E-state index in [1.165, 1.54) is 0 Å². The molecule has 1 aromatic rings. The number of nitrogens with zero attached hydrogens (tertiary/aromatic N) is 1. The van der Waals surface area contributed by atoms with E-state index in [-0.39, 0.29) is 6.09 Å². The number of likely N-dealkylation sites (tertiary alicyclic amines) is 1. The van der Waals surface area contributed by atoms with Crippen molar-refractivity contribution in [3.63, 3.8) is 0 Å².